The third-order valence-corrected chi connectivity index (χ3v) is 5.17. The Labute approximate surface area is 147 Å². The minimum absolute atomic E-state index is 0.213. The van der Waals surface area contributed by atoms with Crippen LogP contribution < -0.4 is 21.1 Å². The first kappa shape index (κ1) is 17.9. The summed E-state index contributed by atoms with van der Waals surface area (Å²) in [7, 11) is 0. The van der Waals surface area contributed by atoms with Crippen molar-refractivity contribution in [1.29, 1.82) is 0 Å². The van der Waals surface area contributed by atoms with Crippen molar-refractivity contribution in [2.24, 2.45) is 5.92 Å². The van der Waals surface area contributed by atoms with Crippen LogP contribution in [0.1, 0.15) is 32.6 Å². The second-order valence-corrected chi connectivity index (χ2v) is 6.89. The summed E-state index contributed by atoms with van der Waals surface area (Å²) in [6.45, 7) is 7.04. The normalized spacial score (nSPS) is 21.6. The van der Waals surface area contributed by atoms with Crippen molar-refractivity contribution in [3.8, 4) is 0 Å². The molecule has 0 radical (unpaired) electrons. The second kappa shape index (κ2) is 7.99. The first-order chi connectivity index (χ1) is 12.1. The Bertz CT molecular complexity index is 674. The Morgan fingerprint density at radius 3 is 2.64 bits per heavy atom. The standard InChI is InChI=1S/C18H27N3O4/c1-2-25-18(24)13-6-5-10-21(12-13)15-14(16(22)17(15)23)19-7-11-20-8-3-4-9-20/h13,19H,2-12H2,1H3/t13-/m0/s1. The van der Waals surface area contributed by atoms with Crippen molar-refractivity contribution in [2.45, 2.75) is 32.6 Å². The number of hydrogen-bond acceptors (Lipinski definition) is 7. The number of likely N-dealkylation sites (tertiary alicyclic amines) is 1. The van der Waals surface area contributed by atoms with Crippen molar-refractivity contribution in [2.75, 3.05) is 56.1 Å². The monoisotopic (exact) mass is 349 g/mol. The van der Waals surface area contributed by atoms with E-state index in [1.54, 1.807) is 6.92 Å². The fourth-order valence-electron chi connectivity index (χ4n) is 3.82. The van der Waals surface area contributed by atoms with Gasteiger partial charge in [-0.15, -0.1) is 0 Å². The van der Waals surface area contributed by atoms with Crippen LogP contribution in [0.4, 0.5) is 11.4 Å². The quantitative estimate of drug-likeness (QED) is 0.569. The largest absolute Gasteiger partial charge is 0.466 e. The van der Waals surface area contributed by atoms with Crippen LogP contribution in [-0.4, -0.2) is 56.7 Å². The number of anilines is 2. The lowest BCUT2D eigenvalue weighted by Crippen LogP contribution is -2.48. The first-order valence-electron chi connectivity index (χ1n) is 9.33. The zero-order valence-electron chi connectivity index (χ0n) is 14.9. The molecule has 138 valence electrons. The van der Waals surface area contributed by atoms with E-state index in [1.165, 1.54) is 12.8 Å². The molecule has 2 saturated heterocycles. The number of carbonyl (C=O) groups is 1. The summed E-state index contributed by atoms with van der Waals surface area (Å²) in [5, 5.41) is 3.15. The van der Waals surface area contributed by atoms with Crippen molar-refractivity contribution >= 4 is 17.3 Å². The predicted molar refractivity (Wildman–Crippen MR) is 97.1 cm³/mol. The average molecular weight is 349 g/mol. The van der Waals surface area contributed by atoms with Crippen LogP contribution in [0, 0.1) is 5.92 Å². The van der Waals surface area contributed by atoms with E-state index >= 15 is 0 Å². The number of rotatable bonds is 7. The summed E-state index contributed by atoms with van der Waals surface area (Å²) in [4.78, 5) is 40.3. The molecule has 0 saturated carbocycles. The van der Waals surface area contributed by atoms with Gasteiger partial charge in [0.2, 0.25) is 0 Å². The van der Waals surface area contributed by atoms with E-state index in [1.807, 2.05) is 4.90 Å². The molecular weight excluding hydrogens is 322 g/mol. The molecule has 0 bridgehead atoms. The minimum Gasteiger partial charge on any atom is -0.466 e. The molecule has 0 amide bonds. The zero-order valence-corrected chi connectivity index (χ0v) is 14.9. The number of carbonyl (C=O) groups excluding carboxylic acids is 1. The number of nitrogens with one attached hydrogen (secondary N) is 1. The molecule has 1 atom stereocenters. The average Bonchev–Trinajstić information content (AvgIpc) is 3.14. The molecule has 25 heavy (non-hydrogen) atoms. The van der Waals surface area contributed by atoms with Crippen molar-refractivity contribution < 1.29 is 9.53 Å². The van der Waals surface area contributed by atoms with Crippen LogP contribution in [0.5, 0.6) is 0 Å². The van der Waals surface area contributed by atoms with Crippen LogP contribution in [-0.2, 0) is 9.53 Å². The molecule has 1 N–H and O–H groups in total. The topological polar surface area (TPSA) is 79.0 Å². The van der Waals surface area contributed by atoms with E-state index < -0.39 is 10.9 Å². The van der Waals surface area contributed by atoms with Gasteiger partial charge in [0.05, 0.1) is 12.5 Å². The summed E-state index contributed by atoms with van der Waals surface area (Å²) in [5.74, 6) is -0.440. The van der Waals surface area contributed by atoms with Crippen molar-refractivity contribution in [3.05, 3.63) is 20.4 Å². The van der Waals surface area contributed by atoms with E-state index in [2.05, 4.69) is 10.2 Å². The highest BCUT2D eigenvalue weighted by Gasteiger charge is 2.32. The lowest BCUT2D eigenvalue weighted by atomic mass is 9.96. The van der Waals surface area contributed by atoms with E-state index in [4.69, 9.17) is 4.74 Å². The highest BCUT2D eigenvalue weighted by molar-refractivity contribution is 5.78. The molecule has 0 spiro atoms. The summed E-state index contributed by atoms with van der Waals surface area (Å²) >= 11 is 0. The molecule has 7 nitrogen and oxygen atoms in total. The fraction of sp³-hybridized carbons (Fsp3) is 0.722. The lowest BCUT2D eigenvalue weighted by Gasteiger charge is -2.34. The fourth-order valence-corrected chi connectivity index (χ4v) is 3.82. The molecule has 2 aliphatic heterocycles. The van der Waals surface area contributed by atoms with Crippen molar-refractivity contribution in [3.63, 3.8) is 0 Å². The van der Waals surface area contributed by atoms with E-state index in [0.29, 0.717) is 37.6 Å². The second-order valence-electron chi connectivity index (χ2n) is 6.89. The van der Waals surface area contributed by atoms with E-state index in [9.17, 15) is 14.4 Å². The van der Waals surface area contributed by atoms with E-state index in [-0.39, 0.29) is 11.9 Å². The molecule has 2 fully saturated rings. The van der Waals surface area contributed by atoms with Crippen LogP contribution >= 0.6 is 0 Å². The first-order valence-corrected chi connectivity index (χ1v) is 9.33. The van der Waals surface area contributed by atoms with E-state index in [0.717, 1.165) is 32.5 Å². The van der Waals surface area contributed by atoms with Gasteiger partial charge in [-0.05, 0) is 45.7 Å². The Balaban J connectivity index is 1.61. The van der Waals surface area contributed by atoms with Gasteiger partial charge in [-0.1, -0.05) is 0 Å². The summed E-state index contributed by atoms with van der Waals surface area (Å²) in [5.41, 5.74) is 0.0111. The van der Waals surface area contributed by atoms with Gasteiger partial charge in [0, 0.05) is 26.2 Å². The van der Waals surface area contributed by atoms with Gasteiger partial charge < -0.3 is 19.9 Å². The molecule has 1 aromatic rings. The molecule has 2 aliphatic rings. The van der Waals surface area contributed by atoms with Gasteiger partial charge in [-0.25, -0.2) is 0 Å². The van der Waals surface area contributed by atoms with Gasteiger partial charge in [-0.2, -0.15) is 0 Å². The SMILES string of the molecule is CCOC(=O)[C@H]1CCCN(c2c(NCCN3CCCC3)c(=O)c2=O)C1. The highest BCUT2D eigenvalue weighted by Crippen LogP contribution is 2.27. The van der Waals surface area contributed by atoms with Crippen LogP contribution in [0.25, 0.3) is 0 Å². The molecule has 3 rings (SSSR count). The Kier molecular flexibility index (Phi) is 5.73. The Hall–Kier alpha value is -1.89. The molecule has 0 aromatic heterocycles. The van der Waals surface area contributed by atoms with Gasteiger partial charge in [0.1, 0.15) is 11.4 Å². The summed E-state index contributed by atoms with van der Waals surface area (Å²) in [6.07, 6.45) is 4.04. The van der Waals surface area contributed by atoms with Crippen LogP contribution in [0.15, 0.2) is 9.59 Å². The van der Waals surface area contributed by atoms with Gasteiger partial charge in [0.15, 0.2) is 0 Å². The minimum atomic E-state index is -0.437. The third kappa shape index (κ3) is 3.86. The Morgan fingerprint density at radius 2 is 1.92 bits per heavy atom. The van der Waals surface area contributed by atoms with Crippen LogP contribution in [0.3, 0.4) is 0 Å². The lowest BCUT2D eigenvalue weighted by molar-refractivity contribution is -0.148. The smallest absolute Gasteiger partial charge is 0.310 e. The maximum Gasteiger partial charge on any atom is 0.310 e. The molecule has 0 aliphatic carbocycles. The molecule has 7 heteroatoms. The van der Waals surface area contributed by atoms with Gasteiger partial charge in [0.25, 0.3) is 10.9 Å². The molecule has 1 aromatic carbocycles. The third-order valence-electron chi connectivity index (χ3n) is 5.17. The maximum absolute atomic E-state index is 12.1. The number of ether oxygens (including phenoxy) is 1. The van der Waals surface area contributed by atoms with Gasteiger partial charge in [-0.3, -0.25) is 14.4 Å². The maximum atomic E-state index is 12.1. The van der Waals surface area contributed by atoms with Gasteiger partial charge >= 0.3 is 5.97 Å². The summed E-state index contributed by atoms with van der Waals surface area (Å²) < 4.78 is 5.10. The summed E-state index contributed by atoms with van der Waals surface area (Å²) in [6, 6.07) is 0. The van der Waals surface area contributed by atoms with Crippen molar-refractivity contribution in [1.82, 2.24) is 4.90 Å². The number of hydrogen-bond donors (Lipinski definition) is 1. The number of piperidine rings is 1. The molecular formula is C18H27N3O4. The van der Waals surface area contributed by atoms with Crippen LogP contribution in [0.2, 0.25) is 0 Å². The number of nitrogens with zero attached hydrogens (tertiary/aromatic N) is 2. The zero-order chi connectivity index (χ0) is 17.8. The highest BCUT2D eigenvalue weighted by atomic mass is 16.5. The predicted octanol–water partition coefficient (Wildman–Crippen LogP) is 0.570. The molecule has 0 unspecified atom stereocenters. The number of esters is 1. The Morgan fingerprint density at radius 1 is 1.16 bits per heavy atom. The molecule has 2 heterocycles.